The maximum Gasteiger partial charge on any atom is 0.259 e. The molecule has 1 aliphatic heterocycles. The average Bonchev–Trinajstić information content (AvgIpc) is 3.08. The van der Waals surface area contributed by atoms with Crippen LogP contribution >= 0.6 is 0 Å². The average molecular weight is 366 g/mol. The highest BCUT2D eigenvalue weighted by Gasteiger charge is 2.36. The summed E-state index contributed by atoms with van der Waals surface area (Å²) in [7, 11) is -0.512. The Morgan fingerprint density at radius 3 is 2.52 bits per heavy atom. The molecule has 0 bridgehead atoms. The number of hydrogen-bond acceptors (Lipinski definition) is 6. The van der Waals surface area contributed by atoms with Crippen molar-refractivity contribution in [1.29, 1.82) is 0 Å². The third-order valence-electron chi connectivity index (χ3n) is 4.70. The van der Waals surface area contributed by atoms with Crippen LogP contribution in [0.3, 0.4) is 0 Å². The van der Waals surface area contributed by atoms with Crippen molar-refractivity contribution in [3.63, 3.8) is 0 Å². The summed E-state index contributed by atoms with van der Waals surface area (Å²) in [5.41, 5.74) is 0.756. The molecule has 25 heavy (non-hydrogen) atoms. The number of sulfonamides is 1. The minimum Gasteiger partial charge on any atom is -0.497 e. The molecule has 8 nitrogen and oxygen atoms in total. The van der Waals surface area contributed by atoms with Crippen molar-refractivity contribution in [2.24, 2.45) is 7.05 Å². The molecule has 1 aromatic heterocycles. The largest absolute Gasteiger partial charge is 0.497 e. The number of nitrogens with one attached hydrogen (secondary N) is 1. The highest BCUT2D eigenvalue weighted by Crippen LogP contribution is 2.35. The van der Waals surface area contributed by atoms with Crippen molar-refractivity contribution in [1.82, 2.24) is 19.7 Å². The van der Waals surface area contributed by atoms with Gasteiger partial charge in [-0.2, -0.15) is 0 Å². The van der Waals surface area contributed by atoms with Crippen molar-refractivity contribution in [2.75, 3.05) is 26.9 Å². The van der Waals surface area contributed by atoms with E-state index in [4.69, 9.17) is 9.47 Å². The maximum absolute atomic E-state index is 12.6. The van der Waals surface area contributed by atoms with E-state index < -0.39 is 10.0 Å². The van der Waals surface area contributed by atoms with E-state index >= 15 is 0 Å². The van der Waals surface area contributed by atoms with Crippen molar-refractivity contribution >= 4 is 10.0 Å². The molecule has 1 saturated heterocycles. The predicted molar refractivity (Wildman–Crippen MR) is 90.9 cm³/mol. The summed E-state index contributed by atoms with van der Waals surface area (Å²) >= 11 is 0. The van der Waals surface area contributed by atoms with Crippen LogP contribution in [0, 0.1) is 0 Å². The number of hydrogen-bond donors (Lipinski definition) is 1. The first-order valence-electron chi connectivity index (χ1n) is 8.03. The Morgan fingerprint density at radius 1 is 1.28 bits per heavy atom. The second kappa shape index (κ2) is 7.11. The van der Waals surface area contributed by atoms with Crippen LogP contribution in [0.4, 0.5) is 0 Å². The van der Waals surface area contributed by atoms with E-state index in [1.807, 2.05) is 24.3 Å². The molecule has 1 N–H and O–H groups in total. The van der Waals surface area contributed by atoms with E-state index in [-0.39, 0.29) is 17.0 Å². The molecule has 0 atom stereocenters. The second-order valence-electron chi connectivity index (χ2n) is 6.14. The zero-order valence-corrected chi connectivity index (χ0v) is 15.1. The van der Waals surface area contributed by atoms with Crippen LogP contribution in [-0.2, 0) is 27.2 Å². The first kappa shape index (κ1) is 17.8. The molecule has 3 rings (SSSR count). The van der Waals surface area contributed by atoms with E-state index in [0.717, 1.165) is 24.2 Å². The van der Waals surface area contributed by atoms with Crippen molar-refractivity contribution in [3.05, 3.63) is 36.0 Å². The Balaban J connectivity index is 1.85. The van der Waals surface area contributed by atoms with Crippen LogP contribution in [0.2, 0.25) is 0 Å². The van der Waals surface area contributed by atoms with Gasteiger partial charge in [-0.1, -0.05) is 17.3 Å². The van der Waals surface area contributed by atoms with Gasteiger partial charge in [-0.15, -0.1) is 5.10 Å². The number of aryl methyl sites for hydroxylation is 1. The van der Waals surface area contributed by atoms with E-state index in [9.17, 15) is 8.42 Å². The zero-order valence-electron chi connectivity index (χ0n) is 14.3. The van der Waals surface area contributed by atoms with E-state index in [0.29, 0.717) is 13.2 Å². The monoisotopic (exact) mass is 366 g/mol. The number of aromatic nitrogens is 3. The van der Waals surface area contributed by atoms with Gasteiger partial charge in [-0.05, 0) is 30.5 Å². The molecule has 0 aliphatic carbocycles. The Bertz CT molecular complexity index is 811. The minimum absolute atomic E-state index is 0.0458. The summed E-state index contributed by atoms with van der Waals surface area (Å²) in [5.74, 6) is 0.771. The Morgan fingerprint density at radius 2 is 1.96 bits per heavy atom. The third-order valence-corrected chi connectivity index (χ3v) is 6.15. The molecule has 2 aromatic rings. The van der Waals surface area contributed by atoms with Crippen LogP contribution in [0.15, 0.2) is 35.5 Å². The predicted octanol–water partition coefficient (Wildman–Crippen LogP) is 0.850. The summed E-state index contributed by atoms with van der Waals surface area (Å²) in [6.07, 6.45) is 2.73. The summed E-state index contributed by atoms with van der Waals surface area (Å²) in [5, 5.41) is 7.37. The van der Waals surface area contributed by atoms with E-state index in [2.05, 4.69) is 15.0 Å². The van der Waals surface area contributed by atoms with Gasteiger partial charge in [0.2, 0.25) is 0 Å². The molecule has 0 unspecified atom stereocenters. The van der Waals surface area contributed by atoms with Crippen molar-refractivity contribution in [2.45, 2.75) is 23.3 Å². The molecule has 1 aromatic carbocycles. The maximum atomic E-state index is 12.6. The summed E-state index contributed by atoms with van der Waals surface area (Å²) < 4.78 is 39.8. The molecule has 136 valence electrons. The van der Waals surface area contributed by atoms with E-state index in [1.165, 1.54) is 10.9 Å². The zero-order chi connectivity index (χ0) is 17.9. The van der Waals surface area contributed by atoms with Crippen molar-refractivity contribution < 1.29 is 17.9 Å². The lowest BCUT2D eigenvalue weighted by molar-refractivity contribution is 0.0517. The highest BCUT2D eigenvalue weighted by atomic mass is 32.2. The van der Waals surface area contributed by atoms with Gasteiger partial charge in [0.1, 0.15) is 5.75 Å². The Kier molecular flexibility index (Phi) is 5.07. The second-order valence-corrected chi connectivity index (χ2v) is 7.86. The summed E-state index contributed by atoms with van der Waals surface area (Å²) in [4.78, 5) is 0. The SMILES string of the molecule is COc1ccc(C2(CNS(=O)(=O)c3cnnn3C)CCOCC2)cc1. The molecule has 0 spiro atoms. The first-order valence-corrected chi connectivity index (χ1v) is 9.52. The fraction of sp³-hybridized carbons (Fsp3) is 0.500. The molecule has 2 heterocycles. The lowest BCUT2D eigenvalue weighted by Crippen LogP contribution is -2.44. The van der Waals surface area contributed by atoms with Crippen molar-refractivity contribution in [3.8, 4) is 5.75 Å². The van der Waals surface area contributed by atoms with Crippen LogP contribution < -0.4 is 9.46 Å². The lowest BCUT2D eigenvalue weighted by Gasteiger charge is -2.37. The first-order chi connectivity index (χ1) is 12.0. The van der Waals surface area contributed by atoms with Crippen LogP contribution in [0.25, 0.3) is 0 Å². The molecule has 1 aliphatic rings. The van der Waals surface area contributed by atoms with Gasteiger partial charge in [0.15, 0.2) is 5.03 Å². The highest BCUT2D eigenvalue weighted by molar-refractivity contribution is 7.89. The van der Waals surface area contributed by atoms with Gasteiger partial charge in [0.05, 0.1) is 13.3 Å². The van der Waals surface area contributed by atoms with Gasteiger partial charge in [-0.25, -0.2) is 17.8 Å². The molecular weight excluding hydrogens is 344 g/mol. The molecule has 0 amide bonds. The fourth-order valence-corrected chi connectivity index (χ4v) is 4.29. The third kappa shape index (κ3) is 3.68. The van der Waals surface area contributed by atoms with Gasteiger partial charge >= 0.3 is 0 Å². The smallest absolute Gasteiger partial charge is 0.259 e. The normalized spacial score (nSPS) is 17.4. The number of ether oxygens (including phenoxy) is 2. The standard InChI is InChI=1S/C16H22N4O4S/c1-20-15(11-17-19-20)25(21,22)18-12-16(7-9-24-10-8-16)13-3-5-14(23-2)6-4-13/h3-6,11,18H,7-10,12H2,1-2H3. The number of benzene rings is 1. The van der Waals surface area contributed by atoms with Crippen LogP contribution in [-0.4, -0.2) is 50.3 Å². The summed E-state index contributed by atoms with van der Waals surface area (Å²) in [6, 6.07) is 7.77. The minimum atomic E-state index is -3.68. The lowest BCUT2D eigenvalue weighted by atomic mass is 9.74. The Hall–Kier alpha value is -1.97. The van der Waals surface area contributed by atoms with Gasteiger partial charge in [0.25, 0.3) is 10.0 Å². The molecule has 0 saturated carbocycles. The fourth-order valence-electron chi connectivity index (χ4n) is 3.10. The summed E-state index contributed by atoms with van der Waals surface area (Å²) in [6.45, 7) is 1.48. The van der Waals surface area contributed by atoms with Gasteiger partial charge in [0, 0.05) is 32.2 Å². The molecule has 1 fully saturated rings. The molecular formula is C16H22N4O4S. The topological polar surface area (TPSA) is 95.3 Å². The quantitative estimate of drug-likeness (QED) is 0.814. The number of nitrogens with zero attached hydrogens (tertiary/aromatic N) is 3. The van der Waals surface area contributed by atoms with Gasteiger partial charge in [-0.3, -0.25) is 0 Å². The molecule has 0 radical (unpaired) electrons. The molecule has 9 heteroatoms. The van der Waals surface area contributed by atoms with Crippen LogP contribution in [0.5, 0.6) is 5.75 Å². The Labute approximate surface area is 147 Å². The number of rotatable bonds is 6. The van der Waals surface area contributed by atoms with E-state index in [1.54, 1.807) is 14.2 Å². The number of methoxy groups -OCH3 is 1. The van der Waals surface area contributed by atoms with Gasteiger partial charge < -0.3 is 9.47 Å². The van der Waals surface area contributed by atoms with Crippen LogP contribution in [0.1, 0.15) is 18.4 Å².